The highest BCUT2D eigenvalue weighted by atomic mass is 16.7. The van der Waals surface area contributed by atoms with Gasteiger partial charge in [-0.05, 0) is 24.3 Å². The van der Waals surface area contributed by atoms with Crippen LogP contribution >= 0.6 is 0 Å². The van der Waals surface area contributed by atoms with Gasteiger partial charge in [0.05, 0.1) is 0 Å². The minimum Gasteiger partial charge on any atom is -0.489 e. The van der Waals surface area contributed by atoms with E-state index >= 15 is 0 Å². The Morgan fingerprint density at radius 3 is 3.05 bits per heavy atom. The largest absolute Gasteiger partial charge is 0.489 e. The maximum atomic E-state index is 5.67. The van der Waals surface area contributed by atoms with Crippen LogP contribution in [0.3, 0.4) is 0 Å². The monoisotopic (exact) mass is 253 g/mol. The molecular weight excluding hydrogens is 240 g/mol. The van der Waals surface area contributed by atoms with E-state index in [9.17, 15) is 0 Å². The number of hydrogen-bond acceptors (Lipinski definition) is 3. The molecule has 1 radical (unpaired) electrons. The third kappa shape index (κ3) is 2.15. The van der Waals surface area contributed by atoms with Gasteiger partial charge in [0.25, 0.3) is 0 Å². The van der Waals surface area contributed by atoms with Crippen LogP contribution in [0.2, 0.25) is 0 Å². The van der Waals surface area contributed by atoms with E-state index in [0.29, 0.717) is 6.61 Å². The van der Waals surface area contributed by atoms with Crippen molar-refractivity contribution in [1.82, 2.24) is 0 Å². The number of fused-ring (bicyclic) bond motifs is 1. The predicted octanol–water partition coefficient (Wildman–Crippen LogP) is 3.45. The first-order valence-corrected chi connectivity index (χ1v) is 6.03. The molecule has 0 spiro atoms. The molecule has 3 rings (SSSR count). The van der Waals surface area contributed by atoms with Crippen LogP contribution in [0.1, 0.15) is 0 Å². The van der Waals surface area contributed by atoms with Crippen LogP contribution in [0.5, 0.6) is 17.2 Å². The van der Waals surface area contributed by atoms with E-state index in [-0.39, 0.29) is 6.79 Å². The molecule has 0 unspecified atom stereocenters. The van der Waals surface area contributed by atoms with Gasteiger partial charge in [-0.25, -0.2) is 0 Å². The molecule has 19 heavy (non-hydrogen) atoms. The van der Waals surface area contributed by atoms with Gasteiger partial charge in [0.1, 0.15) is 12.4 Å². The summed E-state index contributed by atoms with van der Waals surface area (Å²) in [5.74, 6) is 2.24. The zero-order valence-electron chi connectivity index (χ0n) is 10.4. The fourth-order valence-corrected chi connectivity index (χ4v) is 2.02. The van der Waals surface area contributed by atoms with Gasteiger partial charge in [0.2, 0.25) is 6.79 Å². The lowest BCUT2D eigenvalue weighted by Crippen LogP contribution is -1.96. The van der Waals surface area contributed by atoms with Crippen molar-refractivity contribution in [2.75, 3.05) is 13.4 Å². The summed E-state index contributed by atoms with van der Waals surface area (Å²) in [4.78, 5) is 0. The summed E-state index contributed by atoms with van der Waals surface area (Å²) >= 11 is 0. The molecule has 0 amide bonds. The fourth-order valence-electron chi connectivity index (χ4n) is 2.02. The van der Waals surface area contributed by atoms with Gasteiger partial charge >= 0.3 is 0 Å². The second kappa shape index (κ2) is 5.06. The number of hydrogen-bond donors (Lipinski definition) is 0. The second-order valence-electron chi connectivity index (χ2n) is 4.05. The van der Waals surface area contributed by atoms with E-state index in [0.717, 1.165) is 28.4 Å². The molecule has 3 nitrogen and oxygen atoms in total. The molecule has 0 saturated carbocycles. The standard InChI is InChI=1S/C16H13O3/c1-2-10-17-14-8-4-3-6-12(14)13-7-5-9-15-16(13)19-11-18-15/h2-6,8-9H,1,10-11H2. The van der Waals surface area contributed by atoms with E-state index in [4.69, 9.17) is 14.2 Å². The Hall–Kier alpha value is -2.42. The number of rotatable bonds is 4. The van der Waals surface area contributed by atoms with Crippen LogP contribution in [0.25, 0.3) is 11.1 Å². The lowest BCUT2D eigenvalue weighted by atomic mass is 10.0. The van der Waals surface area contributed by atoms with Crippen molar-refractivity contribution in [3.8, 4) is 28.4 Å². The zero-order valence-corrected chi connectivity index (χ0v) is 10.4. The maximum absolute atomic E-state index is 5.67. The molecule has 95 valence electrons. The molecule has 0 bridgehead atoms. The van der Waals surface area contributed by atoms with E-state index in [1.807, 2.05) is 36.4 Å². The maximum Gasteiger partial charge on any atom is 0.231 e. The summed E-state index contributed by atoms with van der Waals surface area (Å²) in [6, 6.07) is 14.7. The third-order valence-corrected chi connectivity index (χ3v) is 2.84. The Kier molecular flexibility index (Phi) is 3.11. The third-order valence-electron chi connectivity index (χ3n) is 2.84. The average molecular weight is 253 g/mol. The molecule has 0 fully saturated rings. The molecule has 1 heterocycles. The van der Waals surface area contributed by atoms with Crippen molar-refractivity contribution < 1.29 is 14.2 Å². The minimum atomic E-state index is 0.246. The Bertz CT molecular complexity index is 605. The molecule has 0 aromatic heterocycles. The summed E-state index contributed by atoms with van der Waals surface area (Å²) in [5, 5.41) is 0. The van der Waals surface area contributed by atoms with Crippen molar-refractivity contribution >= 4 is 0 Å². The van der Waals surface area contributed by atoms with Crippen molar-refractivity contribution in [3.63, 3.8) is 0 Å². The minimum absolute atomic E-state index is 0.246. The first-order valence-electron chi connectivity index (χ1n) is 6.03. The predicted molar refractivity (Wildman–Crippen MR) is 72.5 cm³/mol. The molecule has 2 aromatic carbocycles. The topological polar surface area (TPSA) is 27.7 Å². The van der Waals surface area contributed by atoms with E-state index in [2.05, 4.69) is 12.6 Å². The van der Waals surface area contributed by atoms with Crippen molar-refractivity contribution in [2.24, 2.45) is 0 Å². The average Bonchev–Trinajstić information content (AvgIpc) is 2.94. The van der Waals surface area contributed by atoms with Crippen LogP contribution < -0.4 is 14.2 Å². The SMILES string of the molecule is C=CCOc1ccccc1-c1[c]ccc2c1OCO2. The molecule has 0 saturated heterocycles. The number of para-hydroxylation sites is 1. The van der Waals surface area contributed by atoms with Crippen LogP contribution in [0, 0.1) is 6.07 Å². The highest BCUT2D eigenvalue weighted by molar-refractivity contribution is 5.78. The zero-order chi connectivity index (χ0) is 13.1. The molecule has 2 aromatic rings. The van der Waals surface area contributed by atoms with Gasteiger partial charge in [0.15, 0.2) is 11.5 Å². The van der Waals surface area contributed by atoms with Crippen LogP contribution in [-0.4, -0.2) is 13.4 Å². The van der Waals surface area contributed by atoms with Crippen molar-refractivity contribution in [1.29, 1.82) is 0 Å². The van der Waals surface area contributed by atoms with E-state index < -0.39 is 0 Å². The summed E-state index contributed by atoms with van der Waals surface area (Å²) < 4.78 is 16.6. The van der Waals surface area contributed by atoms with Gasteiger partial charge in [-0.3, -0.25) is 0 Å². The summed E-state index contributed by atoms with van der Waals surface area (Å²) in [6.45, 7) is 4.37. The van der Waals surface area contributed by atoms with Gasteiger partial charge in [0, 0.05) is 11.1 Å². The molecule has 0 atom stereocenters. The number of benzene rings is 2. The van der Waals surface area contributed by atoms with Gasteiger partial charge in [-0.2, -0.15) is 0 Å². The molecule has 1 aliphatic heterocycles. The van der Waals surface area contributed by atoms with E-state index in [1.54, 1.807) is 6.08 Å². The molecule has 1 aliphatic rings. The molecule has 0 aliphatic carbocycles. The highest BCUT2D eigenvalue weighted by Gasteiger charge is 2.20. The smallest absolute Gasteiger partial charge is 0.231 e. The normalized spacial score (nSPS) is 12.2. The fraction of sp³-hybridized carbons (Fsp3) is 0.125. The quantitative estimate of drug-likeness (QED) is 0.781. The van der Waals surface area contributed by atoms with Crippen LogP contribution in [-0.2, 0) is 0 Å². The Morgan fingerprint density at radius 1 is 1.26 bits per heavy atom. The molecular formula is C16H13O3. The van der Waals surface area contributed by atoms with Gasteiger partial charge in [-0.15, -0.1) is 0 Å². The van der Waals surface area contributed by atoms with Crippen LogP contribution in [0.4, 0.5) is 0 Å². The van der Waals surface area contributed by atoms with E-state index in [1.165, 1.54) is 0 Å². The molecule has 3 heteroatoms. The van der Waals surface area contributed by atoms with Crippen molar-refractivity contribution in [2.45, 2.75) is 0 Å². The summed E-state index contributed by atoms with van der Waals surface area (Å²) in [7, 11) is 0. The van der Waals surface area contributed by atoms with Crippen LogP contribution in [0.15, 0.2) is 49.1 Å². The first kappa shape index (κ1) is 11.7. The van der Waals surface area contributed by atoms with Gasteiger partial charge in [-0.1, -0.05) is 30.9 Å². The van der Waals surface area contributed by atoms with Gasteiger partial charge < -0.3 is 14.2 Å². The highest BCUT2D eigenvalue weighted by Crippen LogP contribution is 2.43. The second-order valence-corrected chi connectivity index (χ2v) is 4.05. The van der Waals surface area contributed by atoms with Crippen molar-refractivity contribution in [3.05, 3.63) is 55.1 Å². The lowest BCUT2D eigenvalue weighted by Gasteiger charge is -2.11. The Morgan fingerprint density at radius 2 is 2.16 bits per heavy atom. The Balaban J connectivity index is 2.07. The summed E-state index contributed by atoms with van der Waals surface area (Å²) in [6.07, 6.45) is 1.72. The molecule has 0 N–H and O–H groups in total. The lowest BCUT2D eigenvalue weighted by molar-refractivity contribution is 0.174. The number of ether oxygens (including phenoxy) is 3. The Labute approximate surface area is 112 Å². The summed E-state index contributed by atoms with van der Waals surface area (Å²) in [5.41, 5.74) is 1.79. The first-order chi connectivity index (χ1) is 9.40.